The van der Waals surface area contributed by atoms with Gasteiger partial charge in [-0.05, 0) is 43.0 Å². The fraction of sp³-hybridized carbons (Fsp3) is 0.647. The van der Waals surface area contributed by atoms with Gasteiger partial charge in [0, 0.05) is 13.2 Å². The number of hydrogen-bond donors (Lipinski definition) is 1. The minimum absolute atomic E-state index is 0.480. The molecule has 3 heteroatoms. The van der Waals surface area contributed by atoms with Gasteiger partial charge in [-0.3, -0.25) is 0 Å². The first kappa shape index (κ1) is 15.3. The van der Waals surface area contributed by atoms with Gasteiger partial charge in [0.1, 0.15) is 12.4 Å². The minimum atomic E-state index is 0.480. The van der Waals surface area contributed by atoms with Crippen molar-refractivity contribution in [3.8, 4) is 5.75 Å². The number of likely N-dealkylation sites (N-methyl/N-ethyl adjacent to an activating group) is 1. The highest BCUT2D eigenvalue weighted by Crippen LogP contribution is 2.28. The normalized spacial score (nSPS) is 17.3. The van der Waals surface area contributed by atoms with Gasteiger partial charge in [-0.1, -0.05) is 31.9 Å². The Bertz CT molecular complexity index is 388. The second-order valence-corrected chi connectivity index (χ2v) is 5.60. The van der Waals surface area contributed by atoms with Crippen molar-refractivity contribution in [2.75, 3.05) is 20.3 Å². The van der Waals surface area contributed by atoms with Gasteiger partial charge in [-0.2, -0.15) is 0 Å². The average Bonchev–Trinajstić information content (AvgIpc) is 2.98. The number of rotatable bonds is 8. The Balaban J connectivity index is 1.89. The van der Waals surface area contributed by atoms with Gasteiger partial charge in [0.05, 0.1) is 6.61 Å². The Morgan fingerprint density at radius 1 is 1.30 bits per heavy atom. The van der Waals surface area contributed by atoms with Crippen LogP contribution in [0.5, 0.6) is 5.75 Å². The first-order valence-electron chi connectivity index (χ1n) is 7.77. The van der Waals surface area contributed by atoms with Crippen LogP contribution in [0.1, 0.15) is 38.2 Å². The molecule has 1 aromatic carbocycles. The van der Waals surface area contributed by atoms with Gasteiger partial charge < -0.3 is 14.8 Å². The number of benzene rings is 1. The Morgan fingerprint density at radius 2 is 2.10 bits per heavy atom. The van der Waals surface area contributed by atoms with Crippen molar-refractivity contribution in [2.24, 2.45) is 5.92 Å². The third-order valence-electron chi connectivity index (χ3n) is 4.07. The van der Waals surface area contributed by atoms with Crippen LogP contribution < -0.4 is 10.1 Å². The molecule has 0 bridgehead atoms. The maximum Gasteiger partial charge on any atom is 0.119 e. The lowest BCUT2D eigenvalue weighted by molar-refractivity contribution is 0.183. The van der Waals surface area contributed by atoms with E-state index in [0.29, 0.717) is 12.6 Å². The molecule has 2 rings (SSSR count). The Kier molecular flexibility index (Phi) is 6.34. The van der Waals surface area contributed by atoms with E-state index in [-0.39, 0.29) is 0 Å². The molecule has 1 N–H and O–H groups in total. The zero-order chi connectivity index (χ0) is 14.2. The van der Waals surface area contributed by atoms with Crippen LogP contribution in [0.25, 0.3) is 0 Å². The molecule has 1 aliphatic carbocycles. The zero-order valence-corrected chi connectivity index (χ0v) is 12.7. The number of methoxy groups -OCH3 is 1. The molecule has 1 unspecified atom stereocenters. The maximum absolute atomic E-state index is 6.00. The molecule has 112 valence electrons. The average molecular weight is 277 g/mol. The van der Waals surface area contributed by atoms with Crippen molar-refractivity contribution in [1.82, 2.24) is 5.32 Å². The molecule has 0 radical (unpaired) electrons. The molecule has 0 saturated heterocycles. The fourth-order valence-corrected chi connectivity index (χ4v) is 3.06. The number of hydrogen-bond acceptors (Lipinski definition) is 3. The molecule has 3 nitrogen and oxygen atoms in total. The predicted molar refractivity (Wildman–Crippen MR) is 82.1 cm³/mol. The molecule has 0 aliphatic heterocycles. The third kappa shape index (κ3) is 4.50. The summed E-state index contributed by atoms with van der Waals surface area (Å²) in [5.74, 6) is 1.72. The highest BCUT2D eigenvalue weighted by Gasteiger charge is 2.24. The molecule has 0 aromatic heterocycles. The number of nitrogens with one attached hydrogen (secondary N) is 1. The van der Waals surface area contributed by atoms with E-state index in [1.54, 1.807) is 7.11 Å². The van der Waals surface area contributed by atoms with E-state index in [1.807, 2.05) is 12.1 Å². The van der Waals surface area contributed by atoms with Crippen LogP contribution in [-0.4, -0.2) is 26.3 Å². The summed E-state index contributed by atoms with van der Waals surface area (Å²) in [7, 11) is 1.72. The van der Waals surface area contributed by atoms with E-state index in [1.165, 1.54) is 25.7 Å². The standard InChI is InChI=1S/C17H27NO2/c1-3-18-17(15-8-4-5-9-15)13-20-16-10-6-7-14(11-16)12-19-2/h6-7,10-11,15,17-18H,3-5,8-9,12-13H2,1-2H3. The Morgan fingerprint density at radius 3 is 2.80 bits per heavy atom. The van der Waals surface area contributed by atoms with Crippen molar-refractivity contribution in [3.05, 3.63) is 29.8 Å². The van der Waals surface area contributed by atoms with E-state index in [9.17, 15) is 0 Å². The smallest absolute Gasteiger partial charge is 0.119 e. The molecule has 1 fully saturated rings. The summed E-state index contributed by atoms with van der Waals surface area (Å²) in [4.78, 5) is 0. The van der Waals surface area contributed by atoms with Crippen LogP contribution in [0, 0.1) is 5.92 Å². The van der Waals surface area contributed by atoms with Gasteiger partial charge in [-0.25, -0.2) is 0 Å². The lowest BCUT2D eigenvalue weighted by Gasteiger charge is -2.24. The van der Waals surface area contributed by atoms with Crippen LogP contribution in [0.2, 0.25) is 0 Å². The second-order valence-electron chi connectivity index (χ2n) is 5.60. The van der Waals surface area contributed by atoms with Crippen LogP contribution >= 0.6 is 0 Å². The van der Waals surface area contributed by atoms with Gasteiger partial charge in [0.15, 0.2) is 0 Å². The minimum Gasteiger partial charge on any atom is -0.492 e. The van der Waals surface area contributed by atoms with Crippen LogP contribution in [-0.2, 0) is 11.3 Å². The topological polar surface area (TPSA) is 30.5 Å². The molecule has 20 heavy (non-hydrogen) atoms. The molecule has 1 aromatic rings. The molecular formula is C17H27NO2. The van der Waals surface area contributed by atoms with Crippen LogP contribution in [0.15, 0.2) is 24.3 Å². The summed E-state index contributed by atoms with van der Waals surface area (Å²) in [6.07, 6.45) is 5.42. The summed E-state index contributed by atoms with van der Waals surface area (Å²) in [6, 6.07) is 8.67. The highest BCUT2D eigenvalue weighted by atomic mass is 16.5. The molecule has 0 amide bonds. The summed E-state index contributed by atoms with van der Waals surface area (Å²) >= 11 is 0. The van der Waals surface area contributed by atoms with Crippen LogP contribution in [0.4, 0.5) is 0 Å². The van der Waals surface area contributed by atoms with Crippen molar-refractivity contribution in [2.45, 2.75) is 45.3 Å². The molecule has 0 spiro atoms. The molecule has 0 heterocycles. The maximum atomic E-state index is 6.00. The molecule has 1 aliphatic rings. The lowest BCUT2D eigenvalue weighted by atomic mass is 9.99. The largest absolute Gasteiger partial charge is 0.492 e. The second kappa shape index (κ2) is 8.28. The number of ether oxygens (including phenoxy) is 2. The SMILES string of the molecule is CCNC(COc1cccc(COC)c1)C1CCCC1. The summed E-state index contributed by atoms with van der Waals surface area (Å²) in [5, 5.41) is 3.58. The van der Waals surface area contributed by atoms with E-state index in [4.69, 9.17) is 9.47 Å². The lowest BCUT2D eigenvalue weighted by Crippen LogP contribution is -2.40. The van der Waals surface area contributed by atoms with E-state index < -0.39 is 0 Å². The van der Waals surface area contributed by atoms with Crippen LogP contribution in [0.3, 0.4) is 0 Å². The first-order chi connectivity index (χ1) is 9.83. The van der Waals surface area contributed by atoms with Gasteiger partial charge in [0.25, 0.3) is 0 Å². The van der Waals surface area contributed by atoms with Crippen molar-refractivity contribution in [1.29, 1.82) is 0 Å². The summed E-state index contributed by atoms with van der Waals surface area (Å²) in [5.41, 5.74) is 1.16. The van der Waals surface area contributed by atoms with Crippen molar-refractivity contribution < 1.29 is 9.47 Å². The monoisotopic (exact) mass is 277 g/mol. The first-order valence-corrected chi connectivity index (χ1v) is 7.77. The molecule has 1 saturated carbocycles. The molecule has 1 atom stereocenters. The third-order valence-corrected chi connectivity index (χ3v) is 4.07. The highest BCUT2D eigenvalue weighted by molar-refractivity contribution is 5.28. The van der Waals surface area contributed by atoms with Crippen molar-refractivity contribution >= 4 is 0 Å². The predicted octanol–water partition coefficient (Wildman–Crippen LogP) is 3.38. The van der Waals surface area contributed by atoms with E-state index >= 15 is 0 Å². The Hall–Kier alpha value is -1.06. The molecular weight excluding hydrogens is 250 g/mol. The zero-order valence-electron chi connectivity index (χ0n) is 12.7. The summed E-state index contributed by atoms with van der Waals surface area (Å²) < 4.78 is 11.2. The van der Waals surface area contributed by atoms with Crippen molar-refractivity contribution in [3.63, 3.8) is 0 Å². The van der Waals surface area contributed by atoms with Gasteiger partial charge in [-0.15, -0.1) is 0 Å². The summed E-state index contributed by atoms with van der Waals surface area (Å²) in [6.45, 7) is 4.57. The fourth-order valence-electron chi connectivity index (χ4n) is 3.06. The van der Waals surface area contributed by atoms with E-state index in [2.05, 4.69) is 24.4 Å². The van der Waals surface area contributed by atoms with E-state index in [0.717, 1.165) is 30.4 Å². The Labute approximate surface area is 122 Å². The van der Waals surface area contributed by atoms with Gasteiger partial charge >= 0.3 is 0 Å². The quantitative estimate of drug-likeness (QED) is 0.790. The van der Waals surface area contributed by atoms with Gasteiger partial charge in [0.2, 0.25) is 0 Å².